The molecule has 1 unspecified atom stereocenters. The van der Waals surface area contributed by atoms with E-state index in [4.69, 9.17) is 10.3 Å². The van der Waals surface area contributed by atoms with Crippen LogP contribution in [0.1, 0.15) is 37.0 Å². The van der Waals surface area contributed by atoms with E-state index in [1.54, 1.807) is 6.26 Å². The number of nitrogens with two attached hydrogens (primary N) is 1. The van der Waals surface area contributed by atoms with Gasteiger partial charge in [-0.15, -0.1) is 0 Å². The highest BCUT2D eigenvalue weighted by atomic mass is 16.3. The second kappa shape index (κ2) is 5.81. The molecule has 0 aliphatic heterocycles. The van der Waals surface area contributed by atoms with Gasteiger partial charge in [0.1, 0.15) is 5.76 Å². The Hall–Kier alpha value is -1.58. The fourth-order valence-electron chi connectivity index (χ4n) is 3.66. The first kappa shape index (κ1) is 13.4. The predicted molar refractivity (Wildman–Crippen MR) is 80.1 cm³/mol. The Morgan fingerprint density at radius 3 is 2.45 bits per heavy atom. The van der Waals surface area contributed by atoms with Crippen LogP contribution >= 0.6 is 0 Å². The molecule has 1 aliphatic carbocycles. The molecule has 0 bridgehead atoms. The Kier molecular flexibility index (Phi) is 3.90. The van der Waals surface area contributed by atoms with E-state index in [9.17, 15) is 0 Å². The third-order valence-electron chi connectivity index (χ3n) is 4.70. The average Bonchev–Trinajstić information content (AvgIpc) is 3.18. The molecule has 1 aromatic heterocycles. The molecule has 3 heteroatoms. The third-order valence-corrected chi connectivity index (χ3v) is 4.70. The van der Waals surface area contributed by atoms with Crippen molar-refractivity contribution in [2.45, 2.75) is 43.6 Å². The van der Waals surface area contributed by atoms with Gasteiger partial charge in [0, 0.05) is 17.9 Å². The van der Waals surface area contributed by atoms with Crippen LogP contribution < -0.4 is 11.3 Å². The Labute approximate surface area is 120 Å². The van der Waals surface area contributed by atoms with Crippen molar-refractivity contribution in [3.8, 4) is 0 Å². The van der Waals surface area contributed by atoms with Gasteiger partial charge in [-0.3, -0.25) is 11.3 Å². The predicted octanol–water partition coefficient (Wildman–Crippen LogP) is 3.17. The lowest BCUT2D eigenvalue weighted by Gasteiger charge is -2.37. The smallest absolute Gasteiger partial charge is 0.105 e. The first-order chi connectivity index (χ1) is 9.85. The minimum Gasteiger partial charge on any atom is -0.469 e. The summed E-state index contributed by atoms with van der Waals surface area (Å²) >= 11 is 0. The molecule has 3 nitrogen and oxygen atoms in total. The highest BCUT2D eigenvalue weighted by Gasteiger charge is 2.42. The highest BCUT2D eigenvalue weighted by molar-refractivity contribution is 5.30. The molecule has 1 aromatic carbocycles. The second-order valence-corrected chi connectivity index (χ2v) is 5.73. The standard InChI is InChI=1S/C17H22N2O/c18-19-16(13-15-9-6-12-20-15)17(10-4-5-11-17)14-7-2-1-3-8-14/h1-3,6-9,12,16,19H,4-5,10-11,13,18H2. The highest BCUT2D eigenvalue weighted by Crippen LogP contribution is 2.44. The molecule has 2 aromatic rings. The normalized spacial score (nSPS) is 19.1. The zero-order chi connectivity index (χ0) is 13.8. The van der Waals surface area contributed by atoms with Gasteiger partial charge in [0.05, 0.1) is 6.26 Å². The van der Waals surface area contributed by atoms with Gasteiger partial charge in [0.15, 0.2) is 0 Å². The van der Waals surface area contributed by atoms with Crippen LogP contribution in [0, 0.1) is 0 Å². The van der Waals surface area contributed by atoms with E-state index >= 15 is 0 Å². The van der Waals surface area contributed by atoms with Gasteiger partial charge in [-0.1, -0.05) is 43.2 Å². The van der Waals surface area contributed by atoms with Gasteiger partial charge >= 0.3 is 0 Å². The van der Waals surface area contributed by atoms with E-state index < -0.39 is 0 Å². The summed E-state index contributed by atoms with van der Waals surface area (Å²) in [5, 5.41) is 0. The summed E-state index contributed by atoms with van der Waals surface area (Å²) in [5.41, 5.74) is 4.58. The van der Waals surface area contributed by atoms with E-state index in [-0.39, 0.29) is 11.5 Å². The summed E-state index contributed by atoms with van der Waals surface area (Å²) in [6, 6.07) is 15.0. The molecule has 0 spiro atoms. The van der Waals surface area contributed by atoms with Crippen molar-refractivity contribution in [3.05, 3.63) is 60.1 Å². The number of benzene rings is 1. The Morgan fingerprint density at radius 2 is 1.85 bits per heavy atom. The maximum Gasteiger partial charge on any atom is 0.105 e. The molecule has 1 aliphatic rings. The molecular weight excluding hydrogens is 248 g/mol. The number of nitrogens with one attached hydrogen (secondary N) is 1. The van der Waals surface area contributed by atoms with Gasteiger partial charge in [-0.2, -0.15) is 0 Å². The minimum absolute atomic E-state index is 0.128. The molecule has 3 N–H and O–H groups in total. The summed E-state index contributed by atoms with van der Waals surface area (Å²) in [5.74, 6) is 6.90. The topological polar surface area (TPSA) is 51.2 Å². The van der Waals surface area contributed by atoms with Crippen molar-refractivity contribution < 1.29 is 4.42 Å². The van der Waals surface area contributed by atoms with Crippen LogP contribution in [0.15, 0.2) is 53.1 Å². The fraction of sp³-hybridized carbons (Fsp3) is 0.412. The summed E-state index contributed by atoms with van der Waals surface area (Å²) in [7, 11) is 0. The van der Waals surface area contributed by atoms with Crippen LogP contribution in [0.2, 0.25) is 0 Å². The molecule has 3 rings (SSSR count). The van der Waals surface area contributed by atoms with E-state index in [0.717, 1.165) is 12.2 Å². The van der Waals surface area contributed by atoms with Crippen molar-refractivity contribution in [2.75, 3.05) is 0 Å². The number of hydrogen-bond acceptors (Lipinski definition) is 3. The van der Waals surface area contributed by atoms with E-state index in [0.29, 0.717) is 0 Å². The zero-order valence-electron chi connectivity index (χ0n) is 11.7. The summed E-state index contributed by atoms with van der Waals surface area (Å²) < 4.78 is 5.51. The molecule has 1 saturated carbocycles. The van der Waals surface area contributed by atoms with Crippen LogP contribution in [0.3, 0.4) is 0 Å². The SMILES string of the molecule is NNC(Cc1ccco1)C1(c2ccccc2)CCCC1. The van der Waals surface area contributed by atoms with E-state index in [1.165, 1.54) is 31.2 Å². The molecular formula is C17H22N2O. The lowest BCUT2D eigenvalue weighted by molar-refractivity contribution is 0.283. The number of hydrazine groups is 1. The van der Waals surface area contributed by atoms with Gasteiger partial charge in [0.2, 0.25) is 0 Å². The number of furan rings is 1. The molecule has 0 radical (unpaired) electrons. The largest absolute Gasteiger partial charge is 0.469 e. The zero-order valence-corrected chi connectivity index (χ0v) is 11.7. The van der Waals surface area contributed by atoms with E-state index in [1.807, 2.05) is 12.1 Å². The van der Waals surface area contributed by atoms with Crippen molar-refractivity contribution in [1.82, 2.24) is 5.43 Å². The molecule has 106 valence electrons. The van der Waals surface area contributed by atoms with Gasteiger partial charge in [-0.05, 0) is 30.5 Å². The Morgan fingerprint density at radius 1 is 1.10 bits per heavy atom. The van der Waals surface area contributed by atoms with Gasteiger partial charge in [-0.25, -0.2) is 0 Å². The van der Waals surface area contributed by atoms with Crippen molar-refractivity contribution >= 4 is 0 Å². The molecule has 1 atom stereocenters. The summed E-state index contributed by atoms with van der Waals surface area (Å²) in [6.45, 7) is 0. The second-order valence-electron chi connectivity index (χ2n) is 5.73. The van der Waals surface area contributed by atoms with E-state index in [2.05, 4.69) is 35.8 Å². The van der Waals surface area contributed by atoms with Crippen LogP contribution in [-0.4, -0.2) is 6.04 Å². The Bertz CT molecular complexity index is 515. The van der Waals surface area contributed by atoms with Crippen LogP contribution in [0.4, 0.5) is 0 Å². The number of rotatable bonds is 5. The Balaban J connectivity index is 1.92. The third kappa shape index (κ3) is 2.39. The molecule has 0 saturated heterocycles. The quantitative estimate of drug-likeness (QED) is 0.648. The van der Waals surface area contributed by atoms with Crippen molar-refractivity contribution in [1.29, 1.82) is 0 Å². The van der Waals surface area contributed by atoms with Crippen molar-refractivity contribution in [2.24, 2.45) is 5.84 Å². The fourth-order valence-corrected chi connectivity index (χ4v) is 3.66. The maximum absolute atomic E-state index is 5.90. The molecule has 1 heterocycles. The van der Waals surface area contributed by atoms with Gasteiger partial charge in [0.25, 0.3) is 0 Å². The van der Waals surface area contributed by atoms with Crippen LogP contribution in [0.25, 0.3) is 0 Å². The number of hydrogen-bond donors (Lipinski definition) is 2. The van der Waals surface area contributed by atoms with Crippen LogP contribution in [-0.2, 0) is 11.8 Å². The summed E-state index contributed by atoms with van der Waals surface area (Å²) in [6.07, 6.45) is 7.47. The van der Waals surface area contributed by atoms with Crippen LogP contribution in [0.5, 0.6) is 0 Å². The maximum atomic E-state index is 5.90. The first-order valence-electron chi connectivity index (χ1n) is 7.39. The monoisotopic (exact) mass is 270 g/mol. The molecule has 0 amide bonds. The minimum atomic E-state index is 0.128. The molecule has 1 fully saturated rings. The molecule has 20 heavy (non-hydrogen) atoms. The van der Waals surface area contributed by atoms with Gasteiger partial charge < -0.3 is 4.42 Å². The average molecular weight is 270 g/mol. The lowest BCUT2D eigenvalue weighted by atomic mass is 9.71. The van der Waals surface area contributed by atoms with Crippen molar-refractivity contribution in [3.63, 3.8) is 0 Å². The lowest BCUT2D eigenvalue weighted by Crippen LogP contribution is -2.51. The summed E-state index contributed by atoms with van der Waals surface area (Å²) in [4.78, 5) is 0. The first-order valence-corrected chi connectivity index (χ1v) is 7.39.